The minimum atomic E-state index is 0.407. The molecule has 0 aliphatic carbocycles. The average Bonchev–Trinajstić information content (AvgIpc) is 2.23. The molecule has 0 N–H and O–H groups in total. The second-order valence-corrected chi connectivity index (χ2v) is 4.98. The van der Waals surface area contributed by atoms with Crippen LogP contribution in [0, 0.1) is 13.8 Å². The fourth-order valence-corrected chi connectivity index (χ4v) is 2.29. The van der Waals surface area contributed by atoms with Crippen molar-refractivity contribution < 1.29 is 0 Å². The molecule has 84 valence electrons. The van der Waals surface area contributed by atoms with Crippen molar-refractivity contribution in [3.05, 3.63) is 40.0 Å². The third-order valence-electron chi connectivity index (χ3n) is 3.01. The lowest BCUT2D eigenvalue weighted by Gasteiger charge is -2.11. The van der Waals surface area contributed by atoms with Gasteiger partial charge in [-0.3, -0.25) is 0 Å². The summed E-state index contributed by atoms with van der Waals surface area (Å²) >= 11 is 6.21. The van der Waals surface area contributed by atoms with E-state index in [0.717, 1.165) is 11.1 Å². The normalized spacial score (nSPS) is 11.4. The van der Waals surface area contributed by atoms with Crippen LogP contribution in [0.15, 0.2) is 18.2 Å². The zero-order chi connectivity index (χ0) is 11.9. The van der Waals surface area contributed by atoms with Crippen molar-refractivity contribution in [1.29, 1.82) is 0 Å². The molecule has 0 bridgehead atoms. The zero-order valence-electron chi connectivity index (χ0n) is 10.1. The Morgan fingerprint density at radius 3 is 2.38 bits per heavy atom. The molecule has 1 aromatic heterocycles. The highest BCUT2D eigenvalue weighted by atomic mass is 35.5. The summed E-state index contributed by atoms with van der Waals surface area (Å²) in [5.74, 6) is 0.407. The number of nitrogens with zero attached hydrogens (tertiary/aromatic N) is 1. The van der Waals surface area contributed by atoms with E-state index in [1.807, 2.05) is 0 Å². The molecule has 0 spiro atoms. The molecule has 0 radical (unpaired) electrons. The summed E-state index contributed by atoms with van der Waals surface area (Å²) in [6.45, 7) is 8.46. The highest BCUT2D eigenvalue weighted by Crippen LogP contribution is 2.29. The molecule has 0 aliphatic heterocycles. The Balaban J connectivity index is 2.84. The van der Waals surface area contributed by atoms with Gasteiger partial charge in [-0.05, 0) is 42.5 Å². The number of fused-ring (bicyclic) bond motifs is 1. The number of aryl methyl sites for hydroxylation is 2. The van der Waals surface area contributed by atoms with Crippen LogP contribution in [0.1, 0.15) is 36.5 Å². The fraction of sp³-hybridized carbons (Fsp3) is 0.357. The summed E-state index contributed by atoms with van der Waals surface area (Å²) in [6, 6.07) is 6.41. The van der Waals surface area contributed by atoms with Gasteiger partial charge in [0.15, 0.2) is 0 Å². The maximum atomic E-state index is 6.21. The monoisotopic (exact) mass is 233 g/mol. The van der Waals surface area contributed by atoms with E-state index >= 15 is 0 Å². The van der Waals surface area contributed by atoms with Crippen LogP contribution in [-0.4, -0.2) is 4.98 Å². The molecule has 0 unspecified atom stereocenters. The van der Waals surface area contributed by atoms with Crippen molar-refractivity contribution in [2.75, 3.05) is 0 Å². The van der Waals surface area contributed by atoms with Crippen LogP contribution in [0.2, 0.25) is 5.15 Å². The van der Waals surface area contributed by atoms with Crippen LogP contribution in [0.5, 0.6) is 0 Å². The number of hydrogen-bond donors (Lipinski definition) is 0. The second-order valence-electron chi connectivity index (χ2n) is 4.62. The first kappa shape index (κ1) is 11.4. The highest BCUT2D eigenvalue weighted by Gasteiger charge is 2.10. The average molecular weight is 234 g/mol. The fourth-order valence-electron chi connectivity index (χ4n) is 1.93. The molecular weight excluding hydrogens is 218 g/mol. The molecule has 0 fully saturated rings. The van der Waals surface area contributed by atoms with Crippen LogP contribution < -0.4 is 0 Å². The Morgan fingerprint density at radius 1 is 1.12 bits per heavy atom. The topological polar surface area (TPSA) is 12.9 Å². The van der Waals surface area contributed by atoms with E-state index in [1.54, 1.807) is 0 Å². The van der Waals surface area contributed by atoms with Crippen molar-refractivity contribution in [2.45, 2.75) is 33.6 Å². The predicted molar refractivity (Wildman–Crippen MR) is 70.3 cm³/mol. The summed E-state index contributed by atoms with van der Waals surface area (Å²) in [6.07, 6.45) is 0. The van der Waals surface area contributed by atoms with Crippen molar-refractivity contribution in [2.24, 2.45) is 0 Å². The first-order valence-electron chi connectivity index (χ1n) is 5.57. The first-order chi connectivity index (χ1) is 7.50. The van der Waals surface area contributed by atoms with E-state index in [1.165, 1.54) is 16.5 Å². The second kappa shape index (κ2) is 4.06. The van der Waals surface area contributed by atoms with E-state index in [4.69, 9.17) is 11.6 Å². The number of rotatable bonds is 1. The van der Waals surface area contributed by atoms with Crippen LogP contribution in [0.25, 0.3) is 10.9 Å². The van der Waals surface area contributed by atoms with Gasteiger partial charge in [-0.25, -0.2) is 4.98 Å². The highest BCUT2D eigenvalue weighted by molar-refractivity contribution is 6.30. The molecule has 1 nitrogen and oxygen atoms in total. The number of aromatic nitrogens is 1. The summed E-state index contributed by atoms with van der Waals surface area (Å²) in [4.78, 5) is 4.52. The van der Waals surface area contributed by atoms with Gasteiger partial charge in [0.2, 0.25) is 0 Å². The summed E-state index contributed by atoms with van der Waals surface area (Å²) in [5.41, 5.74) is 4.58. The van der Waals surface area contributed by atoms with Gasteiger partial charge in [-0.2, -0.15) is 0 Å². The molecule has 1 aromatic carbocycles. The molecule has 0 amide bonds. The lowest BCUT2D eigenvalue weighted by atomic mass is 9.99. The maximum absolute atomic E-state index is 6.21. The molecule has 0 saturated heterocycles. The van der Waals surface area contributed by atoms with Gasteiger partial charge in [-0.1, -0.05) is 37.6 Å². The van der Waals surface area contributed by atoms with E-state index in [9.17, 15) is 0 Å². The van der Waals surface area contributed by atoms with Gasteiger partial charge in [0.05, 0.1) is 5.52 Å². The van der Waals surface area contributed by atoms with Crippen LogP contribution >= 0.6 is 11.6 Å². The summed E-state index contributed by atoms with van der Waals surface area (Å²) in [5, 5.41) is 1.85. The minimum absolute atomic E-state index is 0.407. The number of hydrogen-bond acceptors (Lipinski definition) is 1. The lowest BCUT2D eigenvalue weighted by molar-refractivity contribution is 0.862. The summed E-state index contributed by atoms with van der Waals surface area (Å²) in [7, 11) is 0. The zero-order valence-corrected chi connectivity index (χ0v) is 10.9. The molecule has 2 aromatic rings. The van der Waals surface area contributed by atoms with E-state index < -0.39 is 0 Å². The molecule has 2 heteroatoms. The van der Waals surface area contributed by atoms with E-state index in [2.05, 4.69) is 50.9 Å². The van der Waals surface area contributed by atoms with Gasteiger partial charge in [-0.15, -0.1) is 0 Å². The Morgan fingerprint density at radius 2 is 1.75 bits per heavy atom. The van der Waals surface area contributed by atoms with Crippen molar-refractivity contribution in [1.82, 2.24) is 4.98 Å². The van der Waals surface area contributed by atoms with Crippen LogP contribution in [0.3, 0.4) is 0 Å². The number of pyridine rings is 1. The van der Waals surface area contributed by atoms with Crippen molar-refractivity contribution in [3.8, 4) is 0 Å². The van der Waals surface area contributed by atoms with Gasteiger partial charge in [0.25, 0.3) is 0 Å². The molecule has 16 heavy (non-hydrogen) atoms. The van der Waals surface area contributed by atoms with Crippen LogP contribution in [0.4, 0.5) is 0 Å². The first-order valence-corrected chi connectivity index (χ1v) is 5.95. The molecule has 0 aliphatic rings. The lowest BCUT2D eigenvalue weighted by Crippen LogP contribution is -1.95. The SMILES string of the molecule is Cc1ccc(C)c2nc(Cl)c(C(C)C)cc12. The molecule has 0 atom stereocenters. The third-order valence-corrected chi connectivity index (χ3v) is 3.31. The van der Waals surface area contributed by atoms with Crippen molar-refractivity contribution in [3.63, 3.8) is 0 Å². The standard InChI is InChI=1S/C14H16ClN/c1-8(2)11-7-12-9(3)5-6-10(4)13(12)16-14(11)15/h5-8H,1-4H3. The Kier molecular flexibility index (Phi) is 2.90. The van der Waals surface area contributed by atoms with Crippen LogP contribution in [-0.2, 0) is 0 Å². The van der Waals surface area contributed by atoms with Crippen molar-refractivity contribution >= 4 is 22.5 Å². The minimum Gasteiger partial charge on any atom is -0.236 e. The molecule has 0 saturated carbocycles. The largest absolute Gasteiger partial charge is 0.236 e. The Labute approximate surface area is 101 Å². The predicted octanol–water partition coefficient (Wildman–Crippen LogP) is 4.63. The maximum Gasteiger partial charge on any atom is 0.133 e. The van der Waals surface area contributed by atoms with Gasteiger partial charge < -0.3 is 0 Å². The van der Waals surface area contributed by atoms with Gasteiger partial charge in [0.1, 0.15) is 5.15 Å². The van der Waals surface area contributed by atoms with E-state index in [-0.39, 0.29) is 0 Å². The number of halogens is 1. The molecular formula is C14H16ClN. The molecule has 2 rings (SSSR count). The van der Waals surface area contributed by atoms with Gasteiger partial charge >= 0.3 is 0 Å². The molecule has 1 heterocycles. The quantitative estimate of drug-likeness (QED) is 0.655. The Bertz CT molecular complexity index is 544. The number of benzene rings is 1. The summed E-state index contributed by atoms with van der Waals surface area (Å²) < 4.78 is 0. The Hall–Kier alpha value is -1.08. The smallest absolute Gasteiger partial charge is 0.133 e. The van der Waals surface area contributed by atoms with Gasteiger partial charge in [0, 0.05) is 5.39 Å². The third kappa shape index (κ3) is 1.80. The van der Waals surface area contributed by atoms with E-state index in [0.29, 0.717) is 11.1 Å².